The summed E-state index contributed by atoms with van der Waals surface area (Å²) in [5, 5.41) is 0. The number of hydrogen-bond donors (Lipinski definition) is 1. The van der Waals surface area contributed by atoms with Crippen molar-refractivity contribution in [1.82, 2.24) is 0 Å². The molecule has 1 rings (SSSR count). The Morgan fingerprint density at radius 1 is 1.50 bits per heavy atom. The van der Waals surface area contributed by atoms with Gasteiger partial charge in [-0.15, -0.1) is 0 Å². The fourth-order valence-electron chi connectivity index (χ4n) is 0.860. The smallest absolute Gasteiger partial charge is 0.123 e. The monoisotopic (exact) mass is 139 g/mol. The average molecular weight is 139 g/mol. The molecule has 0 spiro atoms. The molecule has 54 valence electrons. The Bertz CT molecular complexity index is 233. The quantitative estimate of drug-likeness (QED) is 0.628. The molecule has 0 aliphatic rings. The molecule has 0 aliphatic heterocycles. The Hall–Kier alpha value is -0.890. The first-order chi connectivity index (χ1) is 4.74. The first-order valence-electron chi connectivity index (χ1n) is 3.19. The molecule has 0 aliphatic carbocycles. The zero-order valence-electron chi connectivity index (χ0n) is 5.89. The molecule has 0 radical (unpaired) electrons. The molecular weight excluding hydrogens is 129 g/mol. The minimum atomic E-state index is -0.217. The molecule has 0 heterocycles. The highest BCUT2D eigenvalue weighted by Gasteiger charge is 1.95. The summed E-state index contributed by atoms with van der Waals surface area (Å²) in [6.45, 7) is 2.32. The van der Waals surface area contributed by atoms with E-state index in [0.29, 0.717) is 6.54 Å². The van der Waals surface area contributed by atoms with E-state index in [1.165, 1.54) is 12.1 Å². The van der Waals surface area contributed by atoms with Crippen LogP contribution in [-0.2, 0) is 6.54 Å². The van der Waals surface area contributed by atoms with Crippen LogP contribution in [0, 0.1) is 12.7 Å². The minimum absolute atomic E-state index is 0.217. The largest absolute Gasteiger partial charge is 0.326 e. The van der Waals surface area contributed by atoms with Gasteiger partial charge in [0.25, 0.3) is 0 Å². The van der Waals surface area contributed by atoms with Crippen molar-refractivity contribution in [2.45, 2.75) is 13.5 Å². The molecule has 0 aromatic heterocycles. The van der Waals surface area contributed by atoms with Gasteiger partial charge in [-0.25, -0.2) is 4.39 Å². The molecule has 1 aromatic rings. The average Bonchev–Trinajstić information content (AvgIpc) is 1.94. The zero-order chi connectivity index (χ0) is 7.56. The lowest BCUT2D eigenvalue weighted by atomic mass is 10.1. The molecule has 0 fully saturated rings. The summed E-state index contributed by atoms with van der Waals surface area (Å²) in [6.07, 6.45) is 0. The van der Waals surface area contributed by atoms with Crippen molar-refractivity contribution in [3.63, 3.8) is 0 Å². The minimum Gasteiger partial charge on any atom is -0.326 e. The predicted octanol–water partition coefficient (Wildman–Crippen LogP) is 1.59. The van der Waals surface area contributed by atoms with Gasteiger partial charge in [0.1, 0.15) is 5.82 Å². The number of aryl methyl sites for hydroxylation is 1. The molecule has 0 amide bonds. The van der Waals surface area contributed by atoms with Crippen molar-refractivity contribution in [1.29, 1.82) is 0 Å². The maximum atomic E-state index is 12.5. The van der Waals surface area contributed by atoms with E-state index in [1.54, 1.807) is 6.07 Å². The van der Waals surface area contributed by atoms with Gasteiger partial charge in [-0.3, -0.25) is 0 Å². The Kier molecular flexibility index (Phi) is 2.02. The second-order valence-electron chi connectivity index (χ2n) is 2.27. The van der Waals surface area contributed by atoms with Gasteiger partial charge in [0.15, 0.2) is 0 Å². The van der Waals surface area contributed by atoms with Gasteiger partial charge in [-0.2, -0.15) is 0 Å². The van der Waals surface area contributed by atoms with E-state index in [4.69, 9.17) is 5.73 Å². The van der Waals surface area contributed by atoms with Gasteiger partial charge in [0.05, 0.1) is 0 Å². The third kappa shape index (κ3) is 1.33. The van der Waals surface area contributed by atoms with E-state index in [2.05, 4.69) is 0 Å². The maximum Gasteiger partial charge on any atom is 0.123 e. The van der Waals surface area contributed by atoms with Crippen LogP contribution in [0.5, 0.6) is 0 Å². The fraction of sp³-hybridized carbons (Fsp3) is 0.250. The van der Waals surface area contributed by atoms with Crippen LogP contribution in [0.25, 0.3) is 0 Å². The van der Waals surface area contributed by atoms with Crippen LogP contribution in [0.2, 0.25) is 0 Å². The molecule has 10 heavy (non-hydrogen) atoms. The molecule has 0 atom stereocenters. The highest BCUT2D eigenvalue weighted by Crippen LogP contribution is 2.08. The van der Waals surface area contributed by atoms with Crippen molar-refractivity contribution < 1.29 is 4.39 Å². The summed E-state index contributed by atoms with van der Waals surface area (Å²) in [5.41, 5.74) is 7.27. The first-order valence-corrected chi connectivity index (χ1v) is 3.19. The van der Waals surface area contributed by atoms with Gasteiger partial charge in [-0.05, 0) is 30.2 Å². The maximum absolute atomic E-state index is 12.5. The predicted molar refractivity (Wildman–Crippen MR) is 39.0 cm³/mol. The molecule has 0 saturated heterocycles. The topological polar surface area (TPSA) is 26.0 Å². The third-order valence-corrected chi connectivity index (χ3v) is 1.53. The second kappa shape index (κ2) is 2.80. The van der Waals surface area contributed by atoms with Crippen LogP contribution in [0.3, 0.4) is 0 Å². The van der Waals surface area contributed by atoms with Crippen LogP contribution in [0.4, 0.5) is 4.39 Å². The lowest BCUT2D eigenvalue weighted by molar-refractivity contribution is 0.625. The van der Waals surface area contributed by atoms with Gasteiger partial charge >= 0.3 is 0 Å². The highest BCUT2D eigenvalue weighted by atomic mass is 19.1. The van der Waals surface area contributed by atoms with Crippen molar-refractivity contribution in [2.24, 2.45) is 5.73 Å². The Morgan fingerprint density at radius 2 is 2.20 bits per heavy atom. The van der Waals surface area contributed by atoms with Gasteiger partial charge in [-0.1, -0.05) is 6.07 Å². The van der Waals surface area contributed by atoms with E-state index in [1.807, 2.05) is 6.92 Å². The number of nitrogens with two attached hydrogens (primary N) is 1. The lowest BCUT2D eigenvalue weighted by Gasteiger charge is -2.00. The molecule has 1 nitrogen and oxygen atoms in total. The summed E-state index contributed by atoms with van der Waals surface area (Å²) in [5.74, 6) is -0.217. The molecule has 1 aromatic carbocycles. The molecule has 0 unspecified atom stereocenters. The van der Waals surface area contributed by atoms with Gasteiger partial charge in [0, 0.05) is 6.54 Å². The van der Waals surface area contributed by atoms with E-state index < -0.39 is 0 Å². The number of rotatable bonds is 1. The highest BCUT2D eigenvalue weighted by molar-refractivity contribution is 5.25. The Labute approximate surface area is 59.7 Å². The third-order valence-electron chi connectivity index (χ3n) is 1.53. The van der Waals surface area contributed by atoms with E-state index in [0.717, 1.165) is 11.1 Å². The lowest BCUT2D eigenvalue weighted by Crippen LogP contribution is -1.99. The normalized spacial score (nSPS) is 9.90. The molecule has 2 N–H and O–H groups in total. The second-order valence-corrected chi connectivity index (χ2v) is 2.27. The van der Waals surface area contributed by atoms with Gasteiger partial charge in [0.2, 0.25) is 0 Å². The van der Waals surface area contributed by atoms with Crippen LogP contribution < -0.4 is 5.73 Å². The standard InChI is InChI=1S/C8H10FN/c1-6-2-3-8(9)4-7(6)5-10/h2-4H,5,10H2,1H3. The molecule has 0 saturated carbocycles. The summed E-state index contributed by atoms with van der Waals surface area (Å²) in [6, 6.07) is 4.64. The molecule has 0 bridgehead atoms. The Balaban J connectivity index is 3.09. The number of hydrogen-bond acceptors (Lipinski definition) is 1. The van der Waals surface area contributed by atoms with E-state index in [9.17, 15) is 4.39 Å². The summed E-state index contributed by atoms with van der Waals surface area (Å²) < 4.78 is 12.5. The van der Waals surface area contributed by atoms with Gasteiger partial charge < -0.3 is 5.73 Å². The number of halogens is 1. The van der Waals surface area contributed by atoms with Crippen LogP contribution in [0.15, 0.2) is 18.2 Å². The van der Waals surface area contributed by atoms with Crippen LogP contribution in [0.1, 0.15) is 11.1 Å². The van der Waals surface area contributed by atoms with Crippen molar-refractivity contribution >= 4 is 0 Å². The zero-order valence-corrected chi connectivity index (χ0v) is 5.89. The molecular formula is C8H10FN. The first kappa shape index (κ1) is 7.22. The Morgan fingerprint density at radius 3 is 2.70 bits per heavy atom. The van der Waals surface area contributed by atoms with Crippen molar-refractivity contribution in [2.75, 3.05) is 0 Å². The van der Waals surface area contributed by atoms with Crippen molar-refractivity contribution in [3.05, 3.63) is 35.1 Å². The van der Waals surface area contributed by atoms with E-state index in [-0.39, 0.29) is 5.82 Å². The summed E-state index contributed by atoms with van der Waals surface area (Å²) in [7, 11) is 0. The van der Waals surface area contributed by atoms with Crippen LogP contribution in [-0.4, -0.2) is 0 Å². The summed E-state index contributed by atoms with van der Waals surface area (Å²) >= 11 is 0. The summed E-state index contributed by atoms with van der Waals surface area (Å²) in [4.78, 5) is 0. The SMILES string of the molecule is Cc1ccc(F)cc1CN. The fourth-order valence-corrected chi connectivity index (χ4v) is 0.860. The number of benzene rings is 1. The van der Waals surface area contributed by atoms with E-state index >= 15 is 0 Å². The van der Waals surface area contributed by atoms with Crippen molar-refractivity contribution in [3.8, 4) is 0 Å². The molecule has 2 heteroatoms. The van der Waals surface area contributed by atoms with Crippen LogP contribution >= 0.6 is 0 Å².